The van der Waals surface area contributed by atoms with Crippen LogP contribution in [-0.4, -0.2) is 35.5 Å². The van der Waals surface area contributed by atoms with Crippen molar-refractivity contribution in [1.29, 1.82) is 0 Å². The molecule has 2 aliphatic carbocycles. The van der Waals surface area contributed by atoms with Crippen LogP contribution in [0.5, 0.6) is 0 Å². The van der Waals surface area contributed by atoms with E-state index < -0.39 is 5.54 Å². The number of carbonyl (C=O) groups excluding carboxylic acids is 1. The van der Waals surface area contributed by atoms with Crippen molar-refractivity contribution in [3.05, 3.63) is 0 Å². The van der Waals surface area contributed by atoms with Crippen LogP contribution in [0.2, 0.25) is 0 Å². The molecule has 4 atom stereocenters. The number of rotatable bonds is 4. The molecule has 3 fully saturated rings. The summed E-state index contributed by atoms with van der Waals surface area (Å²) in [7, 11) is 0. The summed E-state index contributed by atoms with van der Waals surface area (Å²) in [6.45, 7) is 2.35. The highest BCUT2D eigenvalue weighted by molar-refractivity contribution is 5.85. The molecule has 3 rings (SSSR count). The minimum atomic E-state index is -0.731. The van der Waals surface area contributed by atoms with Crippen molar-refractivity contribution in [2.24, 2.45) is 23.3 Å². The van der Waals surface area contributed by atoms with Gasteiger partial charge in [0, 0.05) is 6.04 Å². The first kappa shape index (κ1) is 14.3. The second-order valence-corrected chi connectivity index (χ2v) is 7.22. The van der Waals surface area contributed by atoms with Crippen molar-refractivity contribution >= 4 is 5.91 Å². The van der Waals surface area contributed by atoms with Crippen molar-refractivity contribution in [3.63, 3.8) is 0 Å². The lowest BCUT2D eigenvalue weighted by molar-refractivity contribution is -0.124. The second-order valence-electron chi connectivity index (χ2n) is 7.22. The average Bonchev–Trinajstić information content (AvgIpc) is 3.03. The molecule has 20 heavy (non-hydrogen) atoms. The Labute approximate surface area is 122 Å². The highest BCUT2D eigenvalue weighted by Gasteiger charge is 2.44. The minimum absolute atomic E-state index is 0.293. The summed E-state index contributed by atoms with van der Waals surface area (Å²) in [5.41, 5.74) is 11.1. The number of nitrogens with two attached hydrogens (primary N) is 2. The minimum Gasteiger partial charge on any atom is -0.368 e. The number of hydrogen-bond acceptors (Lipinski definition) is 3. The molecule has 1 saturated heterocycles. The summed E-state index contributed by atoms with van der Waals surface area (Å²) >= 11 is 0. The van der Waals surface area contributed by atoms with Crippen molar-refractivity contribution < 1.29 is 4.79 Å². The van der Waals surface area contributed by atoms with Crippen LogP contribution >= 0.6 is 0 Å². The highest BCUT2D eigenvalue weighted by Crippen LogP contribution is 2.39. The van der Waals surface area contributed by atoms with Gasteiger partial charge in [-0.25, -0.2) is 0 Å². The van der Waals surface area contributed by atoms with E-state index in [0.717, 1.165) is 44.2 Å². The maximum atomic E-state index is 11.7. The fourth-order valence-electron chi connectivity index (χ4n) is 4.99. The molecule has 2 saturated carbocycles. The van der Waals surface area contributed by atoms with Gasteiger partial charge in [0.15, 0.2) is 0 Å². The third-order valence-corrected chi connectivity index (χ3v) is 6.20. The predicted molar refractivity (Wildman–Crippen MR) is 80.0 cm³/mol. The number of primary amides is 1. The van der Waals surface area contributed by atoms with E-state index in [4.69, 9.17) is 11.5 Å². The molecule has 0 bridgehead atoms. The number of piperidine rings is 1. The topological polar surface area (TPSA) is 72.3 Å². The zero-order chi connectivity index (χ0) is 14.2. The smallest absolute Gasteiger partial charge is 0.237 e. The van der Waals surface area contributed by atoms with Gasteiger partial charge in [-0.15, -0.1) is 0 Å². The van der Waals surface area contributed by atoms with Crippen LogP contribution in [-0.2, 0) is 4.79 Å². The molecule has 114 valence electrons. The zero-order valence-electron chi connectivity index (χ0n) is 12.5. The van der Waals surface area contributed by atoms with E-state index in [-0.39, 0.29) is 5.91 Å². The quantitative estimate of drug-likeness (QED) is 0.821. The molecule has 4 N–H and O–H groups in total. The van der Waals surface area contributed by atoms with Crippen LogP contribution in [0.25, 0.3) is 0 Å². The fourth-order valence-corrected chi connectivity index (χ4v) is 4.99. The number of amides is 1. The van der Waals surface area contributed by atoms with Gasteiger partial charge < -0.3 is 16.4 Å². The van der Waals surface area contributed by atoms with Gasteiger partial charge in [0.25, 0.3) is 0 Å². The molecular formula is C16H29N3O. The number of nitrogens with zero attached hydrogens (tertiary/aromatic N) is 1. The van der Waals surface area contributed by atoms with Crippen LogP contribution in [0, 0.1) is 11.8 Å². The summed E-state index contributed by atoms with van der Waals surface area (Å²) in [5, 5.41) is 0. The first-order valence-electron chi connectivity index (χ1n) is 8.44. The Hall–Kier alpha value is -0.610. The largest absolute Gasteiger partial charge is 0.368 e. The Bertz CT molecular complexity index is 373. The molecule has 0 aromatic carbocycles. The summed E-state index contributed by atoms with van der Waals surface area (Å²) in [5.74, 6) is 0.935. The standard InChI is InChI=1S/C16H29N3O/c17-15(20)16(18)9-2-6-13(16)8-11-19-10-3-5-12-4-1-7-14(12)19/h12-14H,1-11,18H2,(H2,17,20). The number of likely N-dealkylation sites (tertiary alicyclic amines) is 1. The molecule has 0 radical (unpaired) electrons. The number of carbonyl (C=O) groups is 1. The van der Waals surface area contributed by atoms with E-state index in [1.807, 2.05) is 0 Å². The van der Waals surface area contributed by atoms with Crippen LogP contribution in [0.3, 0.4) is 0 Å². The molecule has 3 aliphatic rings. The maximum absolute atomic E-state index is 11.7. The van der Waals surface area contributed by atoms with Crippen molar-refractivity contribution in [3.8, 4) is 0 Å². The van der Waals surface area contributed by atoms with Gasteiger partial charge in [-0.1, -0.05) is 12.8 Å². The molecule has 4 heteroatoms. The molecule has 1 aliphatic heterocycles. The van der Waals surface area contributed by atoms with Gasteiger partial charge in [-0.05, 0) is 69.9 Å². The SMILES string of the molecule is NC(=O)C1(N)CCCC1CCN1CCCC2CCCC21. The normalized spacial score (nSPS) is 41.8. The van der Waals surface area contributed by atoms with Crippen molar-refractivity contribution in [2.45, 2.75) is 69.4 Å². The molecule has 4 unspecified atom stereocenters. The molecule has 1 heterocycles. The Morgan fingerprint density at radius 2 is 1.95 bits per heavy atom. The van der Waals surface area contributed by atoms with Crippen LogP contribution in [0.1, 0.15) is 57.8 Å². The molecule has 4 nitrogen and oxygen atoms in total. The Kier molecular flexibility index (Phi) is 4.04. The molecule has 0 aromatic rings. The van der Waals surface area contributed by atoms with Crippen LogP contribution in [0.4, 0.5) is 0 Å². The molecule has 0 aromatic heterocycles. The summed E-state index contributed by atoms with van der Waals surface area (Å²) in [6, 6.07) is 0.811. The Morgan fingerprint density at radius 3 is 2.75 bits per heavy atom. The van der Waals surface area contributed by atoms with Gasteiger partial charge in [0.1, 0.15) is 0 Å². The number of hydrogen-bond donors (Lipinski definition) is 2. The van der Waals surface area contributed by atoms with Gasteiger partial charge in [-0.3, -0.25) is 4.79 Å². The highest BCUT2D eigenvalue weighted by atomic mass is 16.1. The zero-order valence-corrected chi connectivity index (χ0v) is 12.5. The molecule has 1 amide bonds. The number of fused-ring (bicyclic) bond motifs is 1. The van der Waals surface area contributed by atoms with E-state index in [0.29, 0.717) is 5.92 Å². The van der Waals surface area contributed by atoms with E-state index in [2.05, 4.69) is 4.90 Å². The van der Waals surface area contributed by atoms with Crippen molar-refractivity contribution in [2.75, 3.05) is 13.1 Å². The lowest BCUT2D eigenvalue weighted by atomic mass is 9.84. The first-order chi connectivity index (χ1) is 9.61. The Balaban J connectivity index is 1.57. The van der Waals surface area contributed by atoms with E-state index >= 15 is 0 Å². The van der Waals surface area contributed by atoms with Gasteiger partial charge in [0.2, 0.25) is 5.91 Å². The Morgan fingerprint density at radius 1 is 1.15 bits per heavy atom. The summed E-state index contributed by atoms with van der Waals surface area (Å²) in [4.78, 5) is 14.3. The maximum Gasteiger partial charge on any atom is 0.237 e. The summed E-state index contributed by atoms with van der Waals surface area (Å²) in [6.07, 6.45) is 10.9. The van der Waals surface area contributed by atoms with E-state index in [1.165, 1.54) is 38.6 Å². The predicted octanol–water partition coefficient (Wildman–Crippen LogP) is 1.62. The van der Waals surface area contributed by atoms with Gasteiger partial charge in [0.05, 0.1) is 5.54 Å². The van der Waals surface area contributed by atoms with Crippen molar-refractivity contribution in [1.82, 2.24) is 4.90 Å². The molecule has 0 spiro atoms. The van der Waals surface area contributed by atoms with Gasteiger partial charge >= 0.3 is 0 Å². The second kappa shape index (κ2) is 5.64. The first-order valence-corrected chi connectivity index (χ1v) is 8.44. The fraction of sp³-hybridized carbons (Fsp3) is 0.938. The lowest BCUT2D eigenvalue weighted by Crippen LogP contribution is -2.55. The van der Waals surface area contributed by atoms with E-state index in [9.17, 15) is 4.79 Å². The van der Waals surface area contributed by atoms with Crippen LogP contribution < -0.4 is 11.5 Å². The third kappa shape index (κ3) is 2.48. The third-order valence-electron chi connectivity index (χ3n) is 6.20. The van der Waals surface area contributed by atoms with E-state index in [1.54, 1.807) is 0 Å². The van der Waals surface area contributed by atoms with Crippen LogP contribution in [0.15, 0.2) is 0 Å². The average molecular weight is 279 g/mol. The van der Waals surface area contributed by atoms with Gasteiger partial charge in [-0.2, -0.15) is 0 Å². The monoisotopic (exact) mass is 279 g/mol. The lowest BCUT2D eigenvalue weighted by Gasteiger charge is -2.39. The molecular weight excluding hydrogens is 250 g/mol. The summed E-state index contributed by atoms with van der Waals surface area (Å²) < 4.78 is 0.